The Hall–Kier alpha value is -3.22. The zero-order valence-electron chi connectivity index (χ0n) is 12.8. The lowest BCUT2D eigenvalue weighted by Crippen LogP contribution is -2.27. The minimum absolute atomic E-state index is 0.143. The number of halogens is 1. The van der Waals surface area contributed by atoms with Crippen molar-refractivity contribution >= 4 is 5.91 Å². The van der Waals surface area contributed by atoms with Crippen molar-refractivity contribution in [3.05, 3.63) is 71.8 Å². The Balaban J connectivity index is 1.74. The normalized spacial score (nSPS) is 11.9. The molecule has 1 heterocycles. The third kappa shape index (κ3) is 3.24. The topological polar surface area (TPSA) is 80.0 Å². The molecule has 0 saturated carbocycles. The summed E-state index contributed by atoms with van der Waals surface area (Å²) in [5, 5.41) is 19.9. The molecule has 24 heavy (non-hydrogen) atoms. The number of nitrogens with one attached hydrogen (secondary N) is 1. The van der Waals surface area contributed by atoms with E-state index < -0.39 is 17.8 Å². The zero-order valence-corrected chi connectivity index (χ0v) is 12.8. The van der Waals surface area contributed by atoms with Crippen LogP contribution in [0.3, 0.4) is 0 Å². The van der Waals surface area contributed by atoms with Crippen LogP contribution in [0, 0.1) is 5.82 Å². The first-order valence-corrected chi connectivity index (χ1v) is 7.31. The highest BCUT2D eigenvalue weighted by atomic mass is 19.1. The average Bonchev–Trinajstić information content (AvgIpc) is 3.05. The van der Waals surface area contributed by atoms with Gasteiger partial charge in [0, 0.05) is 6.07 Å². The highest BCUT2D eigenvalue weighted by Crippen LogP contribution is 2.17. The van der Waals surface area contributed by atoms with E-state index >= 15 is 0 Å². The van der Waals surface area contributed by atoms with Crippen LogP contribution < -0.4 is 5.32 Å². The predicted octanol–water partition coefficient (Wildman–Crippen LogP) is 2.60. The summed E-state index contributed by atoms with van der Waals surface area (Å²) in [5.74, 6) is -1.61. The van der Waals surface area contributed by atoms with Gasteiger partial charge in [-0.05, 0) is 31.2 Å². The summed E-state index contributed by atoms with van der Waals surface area (Å²) in [6, 6.07) is 12.4. The lowest BCUT2D eigenvalue weighted by Gasteiger charge is -2.11. The van der Waals surface area contributed by atoms with Crippen LogP contribution in [-0.4, -0.2) is 26.0 Å². The monoisotopic (exact) mass is 326 g/mol. The Morgan fingerprint density at radius 3 is 2.71 bits per heavy atom. The Bertz CT molecular complexity index is 864. The van der Waals surface area contributed by atoms with Crippen molar-refractivity contribution in [2.75, 3.05) is 0 Å². The number of aromatic nitrogens is 3. The summed E-state index contributed by atoms with van der Waals surface area (Å²) < 4.78 is 15.3. The van der Waals surface area contributed by atoms with Gasteiger partial charge in [0.15, 0.2) is 0 Å². The summed E-state index contributed by atoms with van der Waals surface area (Å²) in [4.78, 5) is 12.1. The fraction of sp³-hybridized carbons (Fsp3) is 0.118. The third-order valence-corrected chi connectivity index (χ3v) is 3.52. The van der Waals surface area contributed by atoms with Crippen LogP contribution in [0.15, 0.2) is 54.7 Å². The van der Waals surface area contributed by atoms with Crippen molar-refractivity contribution in [3.63, 3.8) is 0 Å². The average molecular weight is 326 g/mol. The second kappa shape index (κ2) is 6.49. The Morgan fingerprint density at radius 1 is 1.25 bits per heavy atom. The maximum Gasteiger partial charge on any atom is 0.254 e. The van der Waals surface area contributed by atoms with Crippen LogP contribution >= 0.6 is 0 Å². The van der Waals surface area contributed by atoms with Gasteiger partial charge in [0.2, 0.25) is 0 Å². The highest BCUT2D eigenvalue weighted by molar-refractivity contribution is 5.94. The number of benzene rings is 2. The van der Waals surface area contributed by atoms with Crippen LogP contribution in [0.5, 0.6) is 5.75 Å². The van der Waals surface area contributed by atoms with Crippen LogP contribution in [0.4, 0.5) is 4.39 Å². The van der Waals surface area contributed by atoms with Gasteiger partial charge >= 0.3 is 0 Å². The van der Waals surface area contributed by atoms with E-state index in [0.717, 1.165) is 11.8 Å². The highest BCUT2D eigenvalue weighted by Gasteiger charge is 2.17. The molecule has 3 aromatic rings. The maximum atomic E-state index is 13.7. The molecule has 1 atom stereocenters. The summed E-state index contributed by atoms with van der Waals surface area (Å²) in [5.41, 5.74) is 1.25. The largest absolute Gasteiger partial charge is 0.508 e. The minimum Gasteiger partial charge on any atom is -0.508 e. The van der Waals surface area contributed by atoms with Crippen molar-refractivity contribution in [1.82, 2.24) is 20.3 Å². The molecule has 7 heteroatoms. The van der Waals surface area contributed by atoms with Crippen LogP contribution in [0.25, 0.3) is 5.69 Å². The quantitative estimate of drug-likeness (QED) is 0.772. The van der Waals surface area contributed by atoms with Crippen LogP contribution in [-0.2, 0) is 0 Å². The van der Waals surface area contributed by atoms with Crippen molar-refractivity contribution in [2.24, 2.45) is 0 Å². The number of para-hydroxylation sites is 1. The van der Waals surface area contributed by atoms with Gasteiger partial charge < -0.3 is 10.4 Å². The molecule has 6 nitrogen and oxygen atoms in total. The summed E-state index contributed by atoms with van der Waals surface area (Å²) >= 11 is 0. The number of carbonyl (C=O) groups excluding carboxylic acids is 1. The van der Waals surface area contributed by atoms with E-state index in [1.165, 1.54) is 12.1 Å². The van der Waals surface area contributed by atoms with Crippen molar-refractivity contribution in [2.45, 2.75) is 13.0 Å². The molecular weight excluding hydrogens is 311 g/mol. The van der Waals surface area contributed by atoms with E-state index in [1.807, 2.05) is 30.3 Å². The van der Waals surface area contributed by atoms with Gasteiger partial charge in [-0.2, -0.15) is 0 Å². The Labute approximate surface area is 137 Å². The van der Waals surface area contributed by atoms with E-state index in [1.54, 1.807) is 17.8 Å². The van der Waals surface area contributed by atoms with Gasteiger partial charge in [0.1, 0.15) is 17.3 Å². The molecule has 1 amide bonds. The van der Waals surface area contributed by atoms with E-state index in [4.69, 9.17) is 0 Å². The Kier molecular flexibility index (Phi) is 4.24. The maximum absolute atomic E-state index is 13.7. The molecule has 0 bridgehead atoms. The number of phenolic OH excluding ortho intramolecular Hbond substituents is 1. The molecule has 0 saturated heterocycles. The lowest BCUT2D eigenvalue weighted by atomic mass is 10.1. The predicted molar refractivity (Wildman–Crippen MR) is 85.3 cm³/mol. The van der Waals surface area contributed by atoms with Crippen molar-refractivity contribution < 1.29 is 14.3 Å². The smallest absolute Gasteiger partial charge is 0.254 e. The standard InChI is InChI=1S/C17H15FN4O2/c1-11(19-17(24)14-8-7-13(23)9-15(14)18)16-10-22(21-20-16)12-5-3-2-4-6-12/h2-11,23H,1H3,(H,19,24)/t11-/m0/s1. The number of amides is 1. The van der Waals surface area contributed by atoms with Gasteiger partial charge in [0.25, 0.3) is 5.91 Å². The summed E-state index contributed by atoms with van der Waals surface area (Å²) in [6.07, 6.45) is 1.70. The molecule has 1 aromatic heterocycles. The third-order valence-electron chi connectivity index (χ3n) is 3.52. The SMILES string of the molecule is C[C@H](NC(=O)c1ccc(O)cc1F)c1cn(-c2ccccc2)nn1. The number of phenols is 1. The van der Waals surface area contributed by atoms with E-state index in [9.17, 15) is 14.3 Å². The van der Waals surface area contributed by atoms with Gasteiger partial charge in [-0.3, -0.25) is 4.79 Å². The van der Waals surface area contributed by atoms with Crippen molar-refractivity contribution in [1.29, 1.82) is 0 Å². The Morgan fingerprint density at radius 2 is 2.00 bits per heavy atom. The second-order valence-electron chi connectivity index (χ2n) is 5.28. The van der Waals surface area contributed by atoms with Crippen LogP contribution in [0.1, 0.15) is 29.0 Å². The molecule has 0 aliphatic rings. The van der Waals surface area contributed by atoms with Gasteiger partial charge in [-0.15, -0.1) is 5.10 Å². The molecule has 2 aromatic carbocycles. The summed E-state index contributed by atoms with van der Waals surface area (Å²) in [7, 11) is 0. The lowest BCUT2D eigenvalue weighted by molar-refractivity contribution is 0.0935. The van der Waals surface area contributed by atoms with Gasteiger partial charge in [0.05, 0.1) is 23.5 Å². The molecule has 122 valence electrons. The zero-order chi connectivity index (χ0) is 17.1. The molecule has 3 rings (SSSR count). The molecular formula is C17H15FN4O2. The van der Waals surface area contributed by atoms with E-state index in [2.05, 4.69) is 15.6 Å². The number of hydrogen-bond acceptors (Lipinski definition) is 4. The number of hydrogen-bond donors (Lipinski definition) is 2. The number of aromatic hydroxyl groups is 1. The molecule has 0 radical (unpaired) electrons. The first-order chi connectivity index (χ1) is 11.5. The first kappa shape index (κ1) is 15.7. The molecule has 0 aliphatic carbocycles. The number of rotatable bonds is 4. The molecule has 0 aliphatic heterocycles. The van der Waals surface area contributed by atoms with Gasteiger partial charge in [-0.1, -0.05) is 23.4 Å². The molecule has 0 spiro atoms. The van der Waals surface area contributed by atoms with Gasteiger partial charge in [-0.25, -0.2) is 9.07 Å². The number of nitrogens with zero attached hydrogens (tertiary/aromatic N) is 3. The fourth-order valence-electron chi connectivity index (χ4n) is 2.22. The first-order valence-electron chi connectivity index (χ1n) is 7.31. The van der Waals surface area contributed by atoms with E-state index in [0.29, 0.717) is 5.69 Å². The minimum atomic E-state index is -0.785. The number of carbonyl (C=O) groups is 1. The van der Waals surface area contributed by atoms with Crippen LogP contribution in [0.2, 0.25) is 0 Å². The molecule has 0 unspecified atom stereocenters. The van der Waals surface area contributed by atoms with E-state index in [-0.39, 0.29) is 11.3 Å². The molecule has 2 N–H and O–H groups in total. The fourth-order valence-corrected chi connectivity index (χ4v) is 2.22. The molecule has 0 fully saturated rings. The summed E-state index contributed by atoms with van der Waals surface area (Å²) in [6.45, 7) is 1.73. The second-order valence-corrected chi connectivity index (χ2v) is 5.28. The van der Waals surface area contributed by atoms with Crippen molar-refractivity contribution in [3.8, 4) is 11.4 Å².